The van der Waals surface area contributed by atoms with E-state index in [2.05, 4.69) is 0 Å². The first kappa shape index (κ1) is 17.0. The van der Waals surface area contributed by atoms with Crippen LogP contribution >= 0.6 is 0 Å². The summed E-state index contributed by atoms with van der Waals surface area (Å²) in [5.41, 5.74) is 0.408. The number of carboxylic acid groups (broad SMARTS) is 1. The van der Waals surface area contributed by atoms with E-state index in [1.165, 1.54) is 0 Å². The Bertz CT molecular complexity index is 680. The van der Waals surface area contributed by atoms with Crippen molar-refractivity contribution in [2.75, 3.05) is 0 Å². The molecule has 1 aromatic rings. The molecule has 24 heavy (non-hydrogen) atoms. The van der Waals surface area contributed by atoms with Gasteiger partial charge in [-0.15, -0.1) is 0 Å². The molecule has 2 heterocycles. The van der Waals surface area contributed by atoms with Crippen LogP contribution in [0.5, 0.6) is 5.75 Å². The van der Waals surface area contributed by atoms with Crippen LogP contribution in [0.1, 0.15) is 52.0 Å². The van der Waals surface area contributed by atoms with Crippen molar-refractivity contribution in [3.63, 3.8) is 0 Å². The SMILES string of the molecule is CC1(C)OB(c2cccc3c2[C@H](CC(=O)O)CC(=O)O3)OC1(C)C. The molecule has 0 bridgehead atoms. The van der Waals surface area contributed by atoms with Crippen molar-refractivity contribution in [1.82, 2.24) is 0 Å². The number of rotatable bonds is 3. The van der Waals surface area contributed by atoms with Gasteiger partial charge in [0.05, 0.1) is 24.0 Å². The zero-order valence-corrected chi connectivity index (χ0v) is 14.3. The maximum absolute atomic E-state index is 11.8. The normalized spacial score (nSPS) is 24.4. The Balaban J connectivity index is 2.04. The highest BCUT2D eigenvalue weighted by Gasteiger charge is 2.53. The lowest BCUT2D eigenvalue weighted by Gasteiger charge is -2.32. The van der Waals surface area contributed by atoms with E-state index in [1.807, 2.05) is 33.8 Å². The number of hydrogen-bond acceptors (Lipinski definition) is 5. The van der Waals surface area contributed by atoms with Gasteiger partial charge in [-0.1, -0.05) is 12.1 Å². The third-order valence-electron chi connectivity index (χ3n) is 5.07. The number of esters is 1. The van der Waals surface area contributed by atoms with Crippen LogP contribution < -0.4 is 10.2 Å². The average molecular weight is 332 g/mol. The Morgan fingerprint density at radius 2 is 1.88 bits per heavy atom. The minimum absolute atomic E-state index is 0.0375. The lowest BCUT2D eigenvalue weighted by molar-refractivity contribution is -0.139. The van der Waals surface area contributed by atoms with Gasteiger partial charge in [-0.2, -0.15) is 0 Å². The first-order valence-electron chi connectivity index (χ1n) is 8.01. The van der Waals surface area contributed by atoms with Crippen molar-refractivity contribution < 1.29 is 28.7 Å². The predicted molar refractivity (Wildman–Crippen MR) is 87.4 cm³/mol. The minimum Gasteiger partial charge on any atom is -0.481 e. The van der Waals surface area contributed by atoms with Gasteiger partial charge in [-0.3, -0.25) is 9.59 Å². The van der Waals surface area contributed by atoms with Crippen LogP contribution in [-0.2, 0) is 18.9 Å². The molecule has 128 valence electrons. The molecule has 3 rings (SSSR count). The molecule has 7 heteroatoms. The van der Waals surface area contributed by atoms with Gasteiger partial charge in [0, 0.05) is 5.92 Å². The second kappa shape index (κ2) is 5.60. The number of aliphatic carboxylic acids is 1. The van der Waals surface area contributed by atoms with Crippen molar-refractivity contribution >= 4 is 24.5 Å². The molecule has 6 nitrogen and oxygen atoms in total. The summed E-state index contributed by atoms with van der Waals surface area (Å²) in [6.45, 7) is 7.82. The number of carboxylic acids is 1. The molecule has 0 radical (unpaired) electrons. The lowest BCUT2D eigenvalue weighted by Crippen LogP contribution is -2.41. The predicted octanol–water partition coefficient (Wildman–Crippen LogP) is 1.85. The Morgan fingerprint density at radius 1 is 1.25 bits per heavy atom. The molecule has 2 aliphatic heterocycles. The maximum Gasteiger partial charge on any atom is 0.495 e. The zero-order chi connectivity index (χ0) is 17.7. The van der Waals surface area contributed by atoms with Crippen molar-refractivity contribution in [3.05, 3.63) is 23.8 Å². The Kier molecular flexibility index (Phi) is 3.96. The average Bonchev–Trinajstić information content (AvgIpc) is 2.65. The van der Waals surface area contributed by atoms with Crippen LogP contribution in [-0.4, -0.2) is 35.4 Å². The zero-order valence-electron chi connectivity index (χ0n) is 14.3. The second-order valence-corrected chi connectivity index (χ2v) is 7.32. The van der Waals surface area contributed by atoms with Crippen molar-refractivity contribution in [2.45, 2.75) is 57.7 Å². The second-order valence-electron chi connectivity index (χ2n) is 7.32. The lowest BCUT2D eigenvalue weighted by atomic mass is 9.71. The fourth-order valence-corrected chi connectivity index (χ4v) is 3.12. The molecule has 1 N–H and O–H groups in total. The van der Waals surface area contributed by atoms with Gasteiger partial charge >= 0.3 is 19.1 Å². The van der Waals surface area contributed by atoms with E-state index in [1.54, 1.807) is 12.1 Å². The molecule has 2 aliphatic rings. The maximum atomic E-state index is 11.8. The quantitative estimate of drug-likeness (QED) is 0.517. The highest BCUT2D eigenvalue weighted by atomic mass is 16.7. The van der Waals surface area contributed by atoms with Crippen molar-refractivity contribution in [1.29, 1.82) is 0 Å². The van der Waals surface area contributed by atoms with Gasteiger partial charge in [-0.05, 0) is 44.8 Å². The molecule has 0 aliphatic carbocycles. The van der Waals surface area contributed by atoms with Crippen LogP contribution in [0.25, 0.3) is 0 Å². The summed E-state index contributed by atoms with van der Waals surface area (Å²) >= 11 is 0. The summed E-state index contributed by atoms with van der Waals surface area (Å²) in [7, 11) is -0.627. The summed E-state index contributed by atoms with van der Waals surface area (Å²) < 4.78 is 17.5. The van der Waals surface area contributed by atoms with E-state index in [-0.39, 0.29) is 12.8 Å². The van der Waals surface area contributed by atoms with E-state index in [0.29, 0.717) is 11.3 Å². The Labute approximate surface area is 141 Å². The van der Waals surface area contributed by atoms with Crippen LogP contribution in [0.4, 0.5) is 0 Å². The molecule has 1 aromatic carbocycles. The molecule has 1 fully saturated rings. The van der Waals surface area contributed by atoms with Crippen molar-refractivity contribution in [3.8, 4) is 5.75 Å². The Morgan fingerprint density at radius 3 is 2.46 bits per heavy atom. The third kappa shape index (κ3) is 2.82. The summed E-state index contributed by atoms with van der Waals surface area (Å²) in [6, 6.07) is 5.28. The molecular weight excluding hydrogens is 311 g/mol. The molecule has 0 saturated carbocycles. The topological polar surface area (TPSA) is 82.1 Å². The number of benzene rings is 1. The van der Waals surface area contributed by atoms with E-state index >= 15 is 0 Å². The van der Waals surface area contributed by atoms with Crippen LogP contribution in [0, 0.1) is 0 Å². The van der Waals surface area contributed by atoms with E-state index in [9.17, 15) is 14.7 Å². The molecule has 1 atom stereocenters. The Hall–Kier alpha value is -1.86. The molecule has 1 saturated heterocycles. The van der Waals surface area contributed by atoms with Crippen LogP contribution in [0.2, 0.25) is 0 Å². The first-order chi connectivity index (χ1) is 11.1. The number of carbonyl (C=O) groups is 2. The van der Waals surface area contributed by atoms with Gasteiger partial charge in [0.25, 0.3) is 0 Å². The fourth-order valence-electron chi connectivity index (χ4n) is 3.12. The minimum atomic E-state index is -0.954. The summed E-state index contributed by atoms with van der Waals surface area (Å²) in [6.07, 6.45) is -0.103. The van der Waals surface area contributed by atoms with Crippen LogP contribution in [0.3, 0.4) is 0 Å². The third-order valence-corrected chi connectivity index (χ3v) is 5.07. The highest BCUT2D eigenvalue weighted by Crippen LogP contribution is 2.40. The molecule has 0 aromatic heterocycles. The molecule has 0 amide bonds. The van der Waals surface area contributed by atoms with E-state index in [0.717, 1.165) is 5.46 Å². The number of hydrogen-bond donors (Lipinski definition) is 1. The first-order valence-corrected chi connectivity index (χ1v) is 8.01. The largest absolute Gasteiger partial charge is 0.495 e. The molecular formula is C17H21BO6. The van der Waals surface area contributed by atoms with Gasteiger partial charge in [0.1, 0.15) is 5.75 Å². The summed E-state index contributed by atoms with van der Waals surface area (Å²) in [4.78, 5) is 23.0. The van der Waals surface area contributed by atoms with E-state index < -0.39 is 36.2 Å². The smallest absolute Gasteiger partial charge is 0.481 e. The highest BCUT2D eigenvalue weighted by molar-refractivity contribution is 6.62. The number of fused-ring (bicyclic) bond motifs is 1. The molecule has 0 unspecified atom stereocenters. The number of carbonyl (C=O) groups excluding carboxylic acids is 1. The summed E-state index contributed by atoms with van der Waals surface area (Å²) in [5.74, 6) is -1.43. The van der Waals surface area contributed by atoms with Gasteiger partial charge in [0.15, 0.2) is 0 Å². The summed E-state index contributed by atoms with van der Waals surface area (Å²) in [5, 5.41) is 9.19. The monoisotopic (exact) mass is 332 g/mol. The van der Waals surface area contributed by atoms with Gasteiger partial charge in [-0.25, -0.2) is 0 Å². The molecule has 0 spiro atoms. The van der Waals surface area contributed by atoms with Crippen molar-refractivity contribution in [2.24, 2.45) is 0 Å². The van der Waals surface area contributed by atoms with Crippen LogP contribution in [0.15, 0.2) is 18.2 Å². The van der Waals surface area contributed by atoms with Gasteiger partial charge < -0.3 is 19.2 Å². The standard InChI is InChI=1S/C17H21BO6/c1-16(2)17(3,4)24-18(23-16)11-6-5-7-12-15(11)10(8-13(19)20)9-14(21)22-12/h5-7,10H,8-9H2,1-4H3,(H,19,20)/t10-/m1/s1. The number of ether oxygens (including phenoxy) is 1. The fraction of sp³-hybridized carbons (Fsp3) is 0.529. The van der Waals surface area contributed by atoms with Gasteiger partial charge in [0.2, 0.25) is 0 Å². The van der Waals surface area contributed by atoms with E-state index in [4.69, 9.17) is 14.0 Å².